The van der Waals surface area contributed by atoms with Crippen LogP contribution in [0.2, 0.25) is 10.0 Å². The van der Waals surface area contributed by atoms with E-state index in [-0.39, 0.29) is 12.8 Å². The number of pyridine rings is 2. The molecule has 2 aliphatic heterocycles. The van der Waals surface area contributed by atoms with Crippen molar-refractivity contribution in [2.45, 2.75) is 45.1 Å². The molecule has 2 saturated heterocycles. The Morgan fingerprint density at radius 3 is 2.56 bits per heavy atom. The Labute approximate surface area is 272 Å². The van der Waals surface area contributed by atoms with Crippen LogP contribution in [-0.2, 0) is 11.3 Å². The van der Waals surface area contributed by atoms with Gasteiger partial charge in [0.25, 0.3) is 0 Å². The summed E-state index contributed by atoms with van der Waals surface area (Å²) in [7, 11) is 0. The summed E-state index contributed by atoms with van der Waals surface area (Å²) in [5, 5.41) is 15.6. The quantitative estimate of drug-likeness (QED) is 0.206. The van der Waals surface area contributed by atoms with E-state index in [1.807, 2.05) is 35.9 Å². The zero-order chi connectivity index (χ0) is 31.3. The minimum absolute atomic E-state index is 0.178. The van der Waals surface area contributed by atoms with Gasteiger partial charge in [0.15, 0.2) is 6.23 Å². The topological polar surface area (TPSA) is 88.8 Å². The monoisotopic (exact) mass is 654 g/mol. The lowest BCUT2D eigenvalue weighted by atomic mass is 10.1. The summed E-state index contributed by atoms with van der Waals surface area (Å²) >= 11 is 12.7. The van der Waals surface area contributed by atoms with Gasteiger partial charge in [-0.2, -0.15) is 5.10 Å². The van der Waals surface area contributed by atoms with Crippen LogP contribution in [-0.4, -0.2) is 80.6 Å². The molecule has 1 unspecified atom stereocenters. The number of nitrogens with zero attached hydrogens (tertiary/aromatic N) is 6. The molecular weight excluding hydrogens is 618 g/mol. The number of piperazine rings is 1. The highest BCUT2D eigenvalue weighted by Crippen LogP contribution is 2.36. The van der Waals surface area contributed by atoms with E-state index < -0.39 is 11.9 Å². The molecule has 2 atom stereocenters. The van der Waals surface area contributed by atoms with Crippen molar-refractivity contribution in [3.05, 3.63) is 81.5 Å². The van der Waals surface area contributed by atoms with E-state index in [4.69, 9.17) is 42.9 Å². The van der Waals surface area contributed by atoms with E-state index in [2.05, 4.69) is 19.8 Å². The van der Waals surface area contributed by atoms with Crippen LogP contribution in [0.15, 0.2) is 48.9 Å². The molecule has 4 aromatic rings. The van der Waals surface area contributed by atoms with Crippen LogP contribution in [0.5, 0.6) is 5.75 Å². The van der Waals surface area contributed by atoms with Crippen molar-refractivity contribution in [3.8, 4) is 5.75 Å². The number of rotatable bonds is 10. The van der Waals surface area contributed by atoms with Gasteiger partial charge < -0.3 is 14.6 Å². The first-order chi connectivity index (χ1) is 21.9. The third kappa shape index (κ3) is 7.48. The van der Waals surface area contributed by atoms with Crippen molar-refractivity contribution >= 4 is 46.0 Å². The number of hydrogen-bond donors (Lipinski definition) is 1. The van der Waals surface area contributed by atoms with Crippen molar-refractivity contribution in [2.75, 3.05) is 45.9 Å². The molecule has 0 spiro atoms. The Bertz CT molecular complexity index is 1620. The predicted octanol–water partition coefficient (Wildman–Crippen LogP) is 6.55. The van der Waals surface area contributed by atoms with Gasteiger partial charge in [0, 0.05) is 87.1 Å². The fourth-order valence-electron chi connectivity index (χ4n) is 5.94. The summed E-state index contributed by atoms with van der Waals surface area (Å²) in [6.07, 6.45) is 8.29. The second-order valence-corrected chi connectivity index (χ2v) is 12.3. The number of aromatic nitrogens is 4. The maximum atomic E-state index is 15.8. The lowest BCUT2D eigenvalue weighted by Crippen LogP contribution is -2.46. The van der Waals surface area contributed by atoms with Crippen molar-refractivity contribution in [3.63, 3.8) is 0 Å². The number of hydrogen-bond acceptors (Lipinski definition) is 8. The molecule has 1 N–H and O–H groups in total. The van der Waals surface area contributed by atoms with E-state index in [1.54, 1.807) is 12.3 Å². The lowest BCUT2D eigenvalue weighted by molar-refractivity contribution is -0.0367. The average Bonchev–Trinajstić information content (AvgIpc) is 3.40. The summed E-state index contributed by atoms with van der Waals surface area (Å²) < 4.78 is 29.9. The SMILES string of the molecule is C[C@@H](Oc1ccc2c(c1)c(/C=C(\F)c1ccc(CN3CCN(CCO)CC3)nc1)nn2C1CCCCO1)c1c(Cl)cncc1Cl. The number of β-amino-alcohol motifs (C(OH)–C–C–N with tert-alkyl or cyclic N) is 1. The molecule has 6 rings (SSSR count). The molecule has 0 saturated carbocycles. The molecule has 1 aromatic carbocycles. The number of halogens is 3. The number of fused-ring (bicyclic) bond motifs is 1. The summed E-state index contributed by atoms with van der Waals surface area (Å²) in [5.74, 6) is 0.138. The number of aliphatic hydroxyl groups is 1. The molecule has 238 valence electrons. The number of ether oxygens (including phenoxy) is 2. The smallest absolute Gasteiger partial charge is 0.150 e. The zero-order valence-electron chi connectivity index (χ0n) is 25.2. The van der Waals surface area contributed by atoms with E-state index in [0.29, 0.717) is 52.3 Å². The van der Waals surface area contributed by atoms with Gasteiger partial charge in [0.2, 0.25) is 0 Å². The lowest BCUT2D eigenvalue weighted by Gasteiger charge is -2.34. The van der Waals surface area contributed by atoms with Gasteiger partial charge in [-0.25, -0.2) is 9.07 Å². The standard InChI is InChI=1S/C33H37Cl2FN6O3/c1-22(33-27(34)19-37-20-28(33)35)45-25-7-8-31-26(16-25)30(39-42(31)32-4-2-3-15-44-32)17-29(36)23-5-6-24(38-18-23)21-41-11-9-40(10-12-41)13-14-43/h5-8,16-20,22,32,43H,2-4,9-15,21H2,1H3/b29-17-/t22-,32?/m1/s1. The van der Waals surface area contributed by atoms with E-state index in [0.717, 1.165) is 62.0 Å². The second kappa shape index (κ2) is 14.5. The van der Waals surface area contributed by atoms with Crippen LogP contribution in [0.25, 0.3) is 22.8 Å². The van der Waals surface area contributed by atoms with E-state index in [1.165, 1.54) is 18.5 Å². The van der Waals surface area contributed by atoms with Crippen molar-refractivity contribution in [1.82, 2.24) is 29.5 Å². The molecule has 9 nitrogen and oxygen atoms in total. The maximum Gasteiger partial charge on any atom is 0.150 e. The third-order valence-electron chi connectivity index (χ3n) is 8.38. The fourth-order valence-corrected chi connectivity index (χ4v) is 6.61. The molecule has 12 heteroatoms. The van der Waals surface area contributed by atoms with Crippen molar-refractivity contribution in [1.29, 1.82) is 0 Å². The molecule has 45 heavy (non-hydrogen) atoms. The normalized spacial score (nSPS) is 19.2. The fraction of sp³-hybridized carbons (Fsp3) is 0.424. The van der Waals surface area contributed by atoms with Gasteiger partial charge in [0.05, 0.1) is 33.6 Å². The Morgan fingerprint density at radius 2 is 1.87 bits per heavy atom. The first kappa shape index (κ1) is 31.8. The van der Waals surface area contributed by atoms with Crippen LogP contribution in [0.1, 0.15) is 61.0 Å². The molecule has 0 amide bonds. The molecular formula is C33H37Cl2FN6O3. The predicted molar refractivity (Wildman–Crippen MR) is 174 cm³/mol. The molecule has 0 aliphatic carbocycles. The molecule has 0 bridgehead atoms. The first-order valence-corrected chi connectivity index (χ1v) is 16.1. The van der Waals surface area contributed by atoms with Crippen molar-refractivity contribution < 1.29 is 19.0 Å². The molecule has 2 fully saturated rings. The van der Waals surface area contributed by atoms with Gasteiger partial charge in [-0.3, -0.25) is 19.8 Å². The van der Waals surface area contributed by atoms with Gasteiger partial charge in [0.1, 0.15) is 17.7 Å². The molecule has 5 heterocycles. The summed E-state index contributed by atoms with van der Waals surface area (Å²) in [4.78, 5) is 13.2. The largest absolute Gasteiger partial charge is 0.486 e. The van der Waals surface area contributed by atoms with Crippen LogP contribution in [0.3, 0.4) is 0 Å². The Kier molecular flexibility index (Phi) is 10.3. The zero-order valence-corrected chi connectivity index (χ0v) is 26.7. The van der Waals surface area contributed by atoms with Crippen molar-refractivity contribution in [2.24, 2.45) is 0 Å². The summed E-state index contributed by atoms with van der Waals surface area (Å²) in [5.41, 5.74) is 3.21. The maximum absolute atomic E-state index is 15.8. The highest BCUT2D eigenvalue weighted by molar-refractivity contribution is 6.35. The van der Waals surface area contributed by atoms with Crippen LogP contribution in [0.4, 0.5) is 4.39 Å². The van der Waals surface area contributed by atoms with Gasteiger partial charge in [-0.05, 0) is 56.5 Å². The third-order valence-corrected chi connectivity index (χ3v) is 8.98. The van der Waals surface area contributed by atoms with E-state index in [9.17, 15) is 0 Å². The molecule has 3 aromatic heterocycles. The van der Waals surface area contributed by atoms with E-state index >= 15 is 4.39 Å². The molecule has 2 aliphatic rings. The number of aliphatic hydroxyl groups excluding tert-OH is 1. The Hall–Kier alpha value is -3.12. The summed E-state index contributed by atoms with van der Waals surface area (Å²) in [6.45, 7) is 7.76. The second-order valence-electron chi connectivity index (χ2n) is 11.5. The Morgan fingerprint density at radius 1 is 1.09 bits per heavy atom. The Balaban J connectivity index is 1.24. The van der Waals surface area contributed by atoms with Crippen LogP contribution in [0, 0.1) is 0 Å². The highest BCUT2D eigenvalue weighted by atomic mass is 35.5. The average molecular weight is 656 g/mol. The molecule has 0 radical (unpaired) electrons. The van der Waals surface area contributed by atoms with Gasteiger partial charge >= 0.3 is 0 Å². The van der Waals surface area contributed by atoms with Crippen LogP contribution >= 0.6 is 23.2 Å². The minimum atomic E-state index is -0.452. The summed E-state index contributed by atoms with van der Waals surface area (Å²) in [6, 6.07) is 9.28. The van der Waals surface area contributed by atoms with Crippen LogP contribution < -0.4 is 4.74 Å². The first-order valence-electron chi connectivity index (χ1n) is 15.4. The number of benzene rings is 1. The van der Waals surface area contributed by atoms with Gasteiger partial charge in [-0.15, -0.1) is 0 Å². The van der Waals surface area contributed by atoms with Gasteiger partial charge in [-0.1, -0.05) is 23.2 Å². The highest BCUT2D eigenvalue weighted by Gasteiger charge is 2.23. The minimum Gasteiger partial charge on any atom is -0.486 e.